The number of halogens is 2. The lowest BCUT2D eigenvalue weighted by molar-refractivity contribution is -0.140. The van der Waals surface area contributed by atoms with Gasteiger partial charge in [-0.2, -0.15) is 0 Å². The van der Waals surface area contributed by atoms with Crippen LogP contribution in [0, 0.1) is 0 Å². The van der Waals surface area contributed by atoms with E-state index in [-0.39, 0.29) is 23.0 Å². The summed E-state index contributed by atoms with van der Waals surface area (Å²) in [5.74, 6) is -0.469. The lowest BCUT2D eigenvalue weighted by atomic mass is 10.1. The van der Waals surface area contributed by atoms with Crippen molar-refractivity contribution in [1.82, 2.24) is 10.2 Å². The number of nitrogens with zero attached hydrogens (tertiary/aromatic N) is 2. The maximum atomic E-state index is 14.1. The first-order chi connectivity index (χ1) is 19.6. The molecule has 0 aliphatic carbocycles. The highest BCUT2D eigenvalue weighted by molar-refractivity contribution is 7.92. The van der Waals surface area contributed by atoms with E-state index in [1.165, 1.54) is 24.1 Å². The Balaban J connectivity index is 2.06. The largest absolute Gasteiger partial charge is 0.497 e. The van der Waals surface area contributed by atoms with E-state index in [0.717, 1.165) is 17.1 Å². The number of carbonyl (C=O) groups is 2. The second-order valence-corrected chi connectivity index (χ2v) is 12.1. The van der Waals surface area contributed by atoms with E-state index in [0.29, 0.717) is 34.3 Å². The van der Waals surface area contributed by atoms with Crippen molar-refractivity contribution in [3.63, 3.8) is 0 Å². The molecule has 0 fully saturated rings. The molecular formula is C30H35Cl2N3O5S. The topological polar surface area (TPSA) is 96.0 Å². The molecule has 0 spiro atoms. The highest BCUT2D eigenvalue weighted by atomic mass is 35.5. The number of rotatable bonds is 14. The van der Waals surface area contributed by atoms with Crippen LogP contribution >= 0.6 is 23.2 Å². The van der Waals surface area contributed by atoms with Crippen molar-refractivity contribution >= 4 is 50.7 Å². The summed E-state index contributed by atoms with van der Waals surface area (Å²) in [4.78, 5) is 28.8. The van der Waals surface area contributed by atoms with Crippen molar-refractivity contribution in [2.45, 2.75) is 50.6 Å². The van der Waals surface area contributed by atoms with Crippen molar-refractivity contribution in [3.8, 4) is 5.75 Å². The van der Waals surface area contributed by atoms with Gasteiger partial charge < -0.3 is 15.0 Å². The van der Waals surface area contributed by atoms with Crippen LogP contribution in [0.4, 0.5) is 5.69 Å². The summed E-state index contributed by atoms with van der Waals surface area (Å²) in [5, 5.41) is 3.66. The minimum absolute atomic E-state index is 0.0206. The van der Waals surface area contributed by atoms with Crippen LogP contribution in [-0.4, -0.2) is 51.4 Å². The Hall–Kier alpha value is -3.27. The van der Waals surface area contributed by atoms with E-state index in [1.807, 2.05) is 6.92 Å². The van der Waals surface area contributed by atoms with Gasteiger partial charge in [0, 0.05) is 29.2 Å². The van der Waals surface area contributed by atoms with Gasteiger partial charge >= 0.3 is 0 Å². The Bertz CT molecular complexity index is 1440. The number of carbonyl (C=O) groups excluding carboxylic acids is 2. The molecule has 0 bridgehead atoms. The predicted molar refractivity (Wildman–Crippen MR) is 163 cm³/mol. The number of methoxy groups -OCH3 is 1. The number of benzene rings is 3. The van der Waals surface area contributed by atoms with Crippen LogP contribution in [0.15, 0.2) is 77.7 Å². The maximum absolute atomic E-state index is 14.1. The molecule has 11 heteroatoms. The molecule has 0 aromatic heterocycles. The van der Waals surface area contributed by atoms with Crippen LogP contribution in [0.3, 0.4) is 0 Å². The molecule has 3 aromatic rings. The van der Waals surface area contributed by atoms with Crippen LogP contribution in [0.1, 0.15) is 38.7 Å². The van der Waals surface area contributed by atoms with Crippen molar-refractivity contribution in [3.05, 3.63) is 88.4 Å². The van der Waals surface area contributed by atoms with Crippen LogP contribution in [0.5, 0.6) is 5.75 Å². The summed E-state index contributed by atoms with van der Waals surface area (Å²) in [7, 11) is -2.71. The molecule has 0 aliphatic rings. The first kappa shape index (κ1) is 32.2. The highest BCUT2D eigenvalue weighted by Gasteiger charge is 2.34. The Labute approximate surface area is 252 Å². The molecule has 41 heavy (non-hydrogen) atoms. The molecule has 0 saturated carbocycles. The van der Waals surface area contributed by atoms with Gasteiger partial charge in [0.25, 0.3) is 10.0 Å². The fourth-order valence-electron chi connectivity index (χ4n) is 4.27. The van der Waals surface area contributed by atoms with Crippen molar-refractivity contribution in [2.24, 2.45) is 0 Å². The van der Waals surface area contributed by atoms with Gasteiger partial charge in [-0.25, -0.2) is 8.42 Å². The molecule has 3 aromatic carbocycles. The summed E-state index contributed by atoms with van der Waals surface area (Å²) < 4.78 is 34.1. The number of anilines is 1. The molecule has 0 saturated heterocycles. The van der Waals surface area contributed by atoms with E-state index in [2.05, 4.69) is 5.32 Å². The van der Waals surface area contributed by atoms with Crippen LogP contribution < -0.4 is 14.4 Å². The molecule has 0 radical (unpaired) electrons. The van der Waals surface area contributed by atoms with Gasteiger partial charge in [0.2, 0.25) is 11.8 Å². The summed E-state index contributed by atoms with van der Waals surface area (Å²) in [5.41, 5.74) is 0.814. The maximum Gasteiger partial charge on any atom is 0.264 e. The SMILES string of the molecule is CCCCNC(=O)[C@@H](CC)N(Cc1ccc(Cl)cc1Cl)C(=O)CN(c1cccc(OC)c1)S(=O)(=O)c1ccccc1. The van der Waals surface area contributed by atoms with Gasteiger partial charge in [-0.15, -0.1) is 0 Å². The third kappa shape index (κ3) is 8.38. The van der Waals surface area contributed by atoms with Crippen LogP contribution in [0.25, 0.3) is 0 Å². The minimum Gasteiger partial charge on any atom is -0.497 e. The molecule has 2 amide bonds. The molecule has 3 rings (SSSR count). The van der Waals surface area contributed by atoms with E-state index < -0.39 is 28.5 Å². The molecule has 1 N–H and O–H groups in total. The van der Waals surface area contributed by atoms with Gasteiger partial charge in [-0.3, -0.25) is 13.9 Å². The monoisotopic (exact) mass is 619 g/mol. The quantitative estimate of drug-likeness (QED) is 0.226. The van der Waals surface area contributed by atoms with E-state index in [9.17, 15) is 18.0 Å². The molecule has 220 valence electrons. The van der Waals surface area contributed by atoms with Crippen molar-refractivity contribution in [2.75, 3.05) is 24.5 Å². The summed E-state index contributed by atoms with van der Waals surface area (Å²) in [6.07, 6.45) is 1.99. The molecule has 0 unspecified atom stereocenters. The van der Waals surface area contributed by atoms with Crippen LogP contribution in [0.2, 0.25) is 10.0 Å². The highest BCUT2D eigenvalue weighted by Crippen LogP contribution is 2.28. The molecule has 0 aliphatic heterocycles. The zero-order chi connectivity index (χ0) is 30.0. The number of amides is 2. The normalized spacial score (nSPS) is 11.9. The number of unbranched alkanes of at least 4 members (excludes halogenated alkanes) is 1. The third-order valence-corrected chi connectivity index (χ3v) is 8.90. The smallest absolute Gasteiger partial charge is 0.264 e. The predicted octanol–water partition coefficient (Wildman–Crippen LogP) is 5.92. The average molecular weight is 621 g/mol. The van der Waals surface area contributed by atoms with E-state index >= 15 is 0 Å². The number of sulfonamides is 1. The van der Waals surface area contributed by atoms with Gasteiger partial charge in [-0.1, -0.05) is 73.8 Å². The van der Waals surface area contributed by atoms with Crippen LogP contribution in [-0.2, 0) is 26.2 Å². The first-order valence-electron chi connectivity index (χ1n) is 13.3. The second kappa shape index (κ2) is 15.1. The van der Waals surface area contributed by atoms with Gasteiger partial charge in [0.1, 0.15) is 18.3 Å². The second-order valence-electron chi connectivity index (χ2n) is 9.35. The van der Waals surface area contributed by atoms with Crippen molar-refractivity contribution < 1.29 is 22.7 Å². The average Bonchev–Trinajstić information content (AvgIpc) is 2.97. The standard InChI is InChI=1S/C30H35Cl2N3O5S/c1-4-6-17-33-30(37)28(5-2)34(20-22-15-16-23(31)18-27(22)32)29(36)21-35(24-11-10-12-25(19-24)40-3)41(38,39)26-13-8-7-9-14-26/h7-16,18-19,28H,4-6,17,20-21H2,1-3H3,(H,33,37)/t28-/m1/s1. The van der Waals surface area contributed by atoms with Crippen molar-refractivity contribution in [1.29, 1.82) is 0 Å². The van der Waals surface area contributed by atoms with Gasteiger partial charge in [0.05, 0.1) is 17.7 Å². The molecule has 0 heterocycles. The van der Waals surface area contributed by atoms with E-state index in [1.54, 1.807) is 67.6 Å². The zero-order valence-electron chi connectivity index (χ0n) is 23.3. The van der Waals surface area contributed by atoms with Gasteiger partial charge in [-0.05, 0) is 54.8 Å². The summed E-state index contributed by atoms with van der Waals surface area (Å²) in [6.45, 7) is 3.70. The lowest BCUT2D eigenvalue weighted by Crippen LogP contribution is -2.52. The summed E-state index contributed by atoms with van der Waals surface area (Å²) in [6, 6.07) is 18.4. The Morgan fingerprint density at radius 1 is 0.976 bits per heavy atom. The summed E-state index contributed by atoms with van der Waals surface area (Å²) >= 11 is 12.5. The number of hydrogen-bond donors (Lipinski definition) is 1. The Morgan fingerprint density at radius 2 is 1.71 bits per heavy atom. The minimum atomic E-state index is -4.18. The third-order valence-electron chi connectivity index (χ3n) is 6.52. The Morgan fingerprint density at radius 3 is 2.34 bits per heavy atom. The van der Waals surface area contributed by atoms with E-state index in [4.69, 9.17) is 27.9 Å². The number of ether oxygens (including phenoxy) is 1. The fourth-order valence-corrected chi connectivity index (χ4v) is 6.17. The lowest BCUT2D eigenvalue weighted by Gasteiger charge is -2.33. The Kier molecular flexibility index (Phi) is 11.9. The number of nitrogens with one attached hydrogen (secondary N) is 1. The molecule has 1 atom stereocenters. The number of hydrogen-bond acceptors (Lipinski definition) is 5. The first-order valence-corrected chi connectivity index (χ1v) is 15.5. The fraction of sp³-hybridized carbons (Fsp3) is 0.333. The zero-order valence-corrected chi connectivity index (χ0v) is 25.7. The molecular weight excluding hydrogens is 585 g/mol. The molecule has 8 nitrogen and oxygen atoms in total. The van der Waals surface area contributed by atoms with Gasteiger partial charge in [0.15, 0.2) is 0 Å².